The van der Waals surface area contributed by atoms with Crippen molar-refractivity contribution in [3.63, 3.8) is 0 Å². The van der Waals surface area contributed by atoms with E-state index >= 15 is 4.39 Å². The van der Waals surface area contributed by atoms with Gasteiger partial charge in [0.05, 0.1) is 6.33 Å². The van der Waals surface area contributed by atoms with Crippen molar-refractivity contribution in [2.75, 3.05) is 20.7 Å². The summed E-state index contributed by atoms with van der Waals surface area (Å²) in [6.45, 7) is 4.26. The highest BCUT2D eigenvalue weighted by Gasteiger charge is 2.37. The molecular weight excluding hydrogens is 1050 g/mol. The molecule has 0 spiro atoms. The van der Waals surface area contributed by atoms with E-state index in [-0.39, 0.29) is 56.6 Å². The molecule has 3 aromatic carbocycles. The summed E-state index contributed by atoms with van der Waals surface area (Å²) in [7, 11) is 2.82. The van der Waals surface area contributed by atoms with Gasteiger partial charge in [0.2, 0.25) is 29.5 Å². The molecule has 0 fully saturated rings. The molecular formula is C62H73FN10O9. The number of aliphatic carboxylic acids is 1. The Morgan fingerprint density at radius 2 is 1.15 bits per heavy atom. The summed E-state index contributed by atoms with van der Waals surface area (Å²) in [6.07, 6.45) is 12.9. The average molecular weight is 1120 g/mol. The number of benzene rings is 3. The third-order valence-electron chi connectivity index (χ3n) is 14.9. The second kappa shape index (κ2) is 30.1. The number of aryl methyl sites for hydroxylation is 1. The van der Waals surface area contributed by atoms with E-state index in [1.807, 2.05) is 66.9 Å². The van der Waals surface area contributed by atoms with Crippen LogP contribution in [-0.4, -0.2) is 133 Å². The zero-order chi connectivity index (χ0) is 58.5. The van der Waals surface area contributed by atoms with Gasteiger partial charge in [-0.25, -0.2) is 19.0 Å². The summed E-state index contributed by atoms with van der Waals surface area (Å²) in [5.74, 6) is -5.91. The number of carbonyl (C=O) groups excluding carboxylic acids is 6. The third kappa shape index (κ3) is 16.4. The van der Waals surface area contributed by atoms with Crippen molar-refractivity contribution in [2.45, 2.75) is 133 Å². The van der Waals surface area contributed by atoms with Crippen molar-refractivity contribution in [3.05, 3.63) is 174 Å². The third-order valence-corrected chi connectivity index (χ3v) is 14.9. The molecule has 0 bridgehead atoms. The van der Waals surface area contributed by atoms with Crippen LogP contribution < -0.4 is 21.3 Å². The number of likely N-dealkylation sites (N-methyl/N-ethyl adjacent to an activating group) is 2. The summed E-state index contributed by atoms with van der Waals surface area (Å²) in [4.78, 5) is 115. The van der Waals surface area contributed by atoms with Gasteiger partial charge in [-0.2, -0.15) is 0 Å². The van der Waals surface area contributed by atoms with Crippen LogP contribution in [0.3, 0.4) is 0 Å². The van der Waals surface area contributed by atoms with Crippen LogP contribution in [0.2, 0.25) is 0 Å². The minimum atomic E-state index is -1.50. The van der Waals surface area contributed by atoms with Crippen LogP contribution in [-0.2, 0) is 59.3 Å². The molecule has 3 aromatic heterocycles. The van der Waals surface area contributed by atoms with Gasteiger partial charge in [0.25, 0.3) is 0 Å². The number of hydrogen-bond donors (Lipinski definition) is 5. The standard InChI is InChI=1S/C62H73FN10O9/c1-5-7-26-50(56(74)69-53(36-43-20-9-14-25-49(43)63)58(76)68-51(27-8-6-2)60(78)71(3)55(61(79)80)35-42-19-16-30-65-38-42)67-57(75)52(34-41-18-15-29-64-37-41)70-59(77)54(28-17-32-73-33-31-66-40-73)72(4)62(81)82-39-48-46-23-12-10-21-44(46)45-22-11-13-24-47(45)48/h9-16,18-25,29-31,33,37-38,40,48,50-55H,5-8,17,26-28,32,34-36,39H2,1-4H3,(H,67,75)(H,68,76)(H,69,74)(H,70,77)(H,79,80). The Hall–Kier alpha value is -8.81. The number of nitrogens with zero attached hydrogens (tertiary/aromatic N) is 6. The van der Waals surface area contributed by atoms with E-state index in [1.165, 1.54) is 43.4 Å². The van der Waals surface area contributed by atoms with E-state index in [2.05, 4.69) is 36.2 Å². The number of carboxylic acid groups (broad SMARTS) is 1. The van der Waals surface area contributed by atoms with Crippen LogP contribution in [0, 0.1) is 5.82 Å². The number of ether oxygens (including phenoxy) is 1. The number of carbonyl (C=O) groups is 7. The number of unbranched alkanes of at least 4 members (excludes halogenated alkanes) is 2. The molecule has 1 aliphatic rings. The maximum absolute atomic E-state index is 15.4. The van der Waals surface area contributed by atoms with Gasteiger partial charge in [-0.05, 0) is 82.8 Å². The van der Waals surface area contributed by atoms with E-state index in [1.54, 1.807) is 67.6 Å². The maximum Gasteiger partial charge on any atom is 0.410 e. The molecule has 5 N–H and O–H groups in total. The molecule has 6 aromatic rings. The fourth-order valence-corrected chi connectivity index (χ4v) is 10.2. The Morgan fingerprint density at radius 1 is 0.598 bits per heavy atom. The number of halogens is 1. The van der Waals surface area contributed by atoms with Gasteiger partial charge in [0, 0.05) is 83.0 Å². The number of carboxylic acids is 1. The number of imidazole rings is 1. The number of aromatic nitrogens is 4. The summed E-state index contributed by atoms with van der Waals surface area (Å²) in [6, 6.07) is 20.6. The molecule has 6 atom stereocenters. The first-order chi connectivity index (χ1) is 39.7. The van der Waals surface area contributed by atoms with E-state index in [9.17, 15) is 38.7 Å². The van der Waals surface area contributed by atoms with Gasteiger partial charge in [-0.3, -0.25) is 38.8 Å². The van der Waals surface area contributed by atoms with E-state index in [0.29, 0.717) is 49.8 Å². The normalized spacial score (nSPS) is 13.9. The monoisotopic (exact) mass is 1120 g/mol. The quantitative estimate of drug-likeness (QED) is 0.0313. The Bertz CT molecular complexity index is 3050. The molecule has 0 saturated heterocycles. The fourth-order valence-electron chi connectivity index (χ4n) is 10.2. The van der Waals surface area contributed by atoms with Crippen LogP contribution in [0.1, 0.15) is 98.9 Å². The SMILES string of the molecule is CCCCC(NC(=O)C(Cc1cccnc1)NC(=O)C(CCCn1ccnc1)N(C)C(=O)OCC1c2ccccc2-c2ccccc21)C(=O)NC(Cc1ccccc1F)C(=O)NC(CCCC)C(=O)N(C)C(Cc1cccnc1)C(=O)O. The molecule has 6 unspecified atom stereocenters. The predicted octanol–water partition coefficient (Wildman–Crippen LogP) is 6.80. The van der Waals surface area contributed by atoms with Crippen molar-refractivity contribution >= 4 is 41.6 Å². The van der Waals surface area contributed by atoms with Gasteiger partial charge in [0.1, 0.15) is 48.7 Å². The highest BCUT2D eigenvalue weighted by molar-refractivity contribution is 5.97. The van der Waals surface area contributed by atoms with Gasteiger partial charge in [-0.15, -0.1) is 0 Å². The van der Waals surface area contributed by atoms with Crippen LogP contribution in [0.15, 0.2) is 141 Å². The summed E-state index contributed by atoms with van der Waals surface area (Å²) in [5.41, 5.74) is 5.38. The largest absolute Gasteiger partial charge is 0.480 e. The number of fused-ring (bicyclic) bond motifs is 3. The molecule has 0 radical (unpaired) electrons. The predicted molar refractivity (Wildman–Crippen MR) is 305 cm³/mol. The lowest BCUT2D eigenvalue weighted by Gasteiger charge is -2.31. The number of pyridine rings is 2. The van der Waals surface area contributed by atoms with Crippen molar-refractivity contribution in [2.24, 2.45) is 0 Å². The minimum Gasteiger partial charge on any atom is -0.480 e. The molecule has 6 amide bonds. The minimum absolute atomic E-state index is 0.00614. The Kier molecular flexibility index (Phi) is 22.4. The molecule has 432 valence electrons. The van der Waals surface area contributed by atoms with E-state index < -0.39 is 83.7 Å². The lowest BCUT2D eigenvalue weighted by Crippen LogP contribution is -2.60. The molecule has 3 heterocycles. The second-order valence-electron chi connectivity index (χ2n) is 20.6. The zero-order valence-electron chi connectivity index (χ0n) is 46.8. The first kappa shape index (κ1) is 60.8. The Labute approximate surface area is 477 Å². The van der Waals surface area contributed by atoms with Crippen LogP contribution in [0.5, 0.6) is 0 Å². The van der Waals surface area contributed by atoms with Crippen LogP contribution in [0.4, 0.5) is 9.18 Å². The van der Waals surface area contributed by atoms with Crippen LogP contribution >= 0.6 is 0 Å². The van der Waals surface area contributed by atoms with Gasteiger partial charge >= 0.3 is 12.1 Å². The zero-order valence-corrected chi connectivity index (χ0v) is 46.8. The molecule has 19 nitrogen and oxygen atoms in total. The van der Waals surface area contributed by atoms with E-state index in [4.69, 9.17) is 4.74 Å². The number of rotatable bonds is 30. The molecule has 82 heavy (non-hydrogen) atoms. The molecule has 7 rings (SSSR count). The molecule has 1 aliphatic carbocycles. The number of amides is 6. The smallest absolute Gasteiger partial charge is 0.410 e. The summed E-state index contributed by atoms with van der Waals surface area (Å²) >= 11 is 0. The fraction of sp³-hybridized carbons (Fsp3) is 0.387. The number of nitrogens with one attached hydrogen (secondary N) is 4. The first-order valence-corrected chi connectivity index (χ1v) is 27.9. The van der Waals surface area contributed by atoms with Gasteiger partial charge in [-0.1, -0.05) is 118 Å². The van der Waals surface area contributed by atoms with Crippen LogP contribution in [0.25, 0.3) is 11.1 Å². The Balaban J connectivity index is 1.11. The highest BCUT2D eigenvalue weighted by Crippen LogP contribution is 2.44. The van der Waals surface area contributed by atoms with Crippen molar-refractivity contribution in [1.82, 2.24) is 50.6 Å². The lowest BCUT2D eigenvalue weighted by atomic mass is 9.98. The molecule has 20 heteroatoms. The summed E-state index contributed by atoms with van der Waals surface area (Å²) in [5, 5.41) is 21.5. The number of hydrogen-bond acceptors (Lipinski definition) is 11. The average Bonchev–Trinajstić information content (AvgIpc) is 3.76. The first-order valence-electron chi connectivity index (χ1n) is 27.9. The van der Waals surface area contributed by atoms with E-state index in [0.717, 1.165) is 27.2 Å². The summed E-state index contributed by atoms with van der Waals surface area (Å²) < 4.78 is 23.3. The lowest BCUT2D eigenvalue weighted by molar-refractivity contribution is -0.150. The molecule has 0 aliphatic heterocycles. The van der Waals surface area contributed by atoms with Crippen molar-refractivity contribution in [1.29, 1.82) is 0 Å². The van der Waals surface area contributed by atoms with Crippen molar-refractivity contribution in [3.8, 4) is 11.1 Å². The Morgan fingerprint density at radius 3 is 1.73 bits per heavy atom. The molecule has 0 saturated carbocycles. The van der Waals surface area contributed by atoms with Gasteiger partial charge in [0.15, 0.2) is 0 Å². The van der Waals surface area contributed by atoms with Gasteiger partial charge < -0.3 is 40.6 Å². The second-order valence-corrected chi connectivity index (χ2v) is 20.6. The maximum atomic E-state index is 15.4. The van der Waals surface area contributed by atoms with Crippen molar-refractivity contribution < 1.29 is 47.8 Å². The topological polar surface area (TPSA) is 247 Å². The highest BCUT2D eigenvalue weighted by atomic mass is 19.1.